The number of hydrogen-bond donors (Lipinski definition) is 4. The van der Waals surface area contributed by atoms with Crippen LogP contribution < -0.4 is 10.6 Å². The first-order valence-electron chi connectivity index (χ1n) is 4.95. The summed E-state index contributed by atoms with van der Waals surface area (Å²) in [6.45, 7) is 2.80. The molecule has 1 saturated heterocycles. The first kappa shape index (κ1) is 12.4. The lowest BCUT2D eigenvalue weighted by atomic mass is 10.0. The number of nitrogens with one attached hydrogen (secondary N) is 2. The van der Waals surface area contributed by atoms with Crippen LogP contribution in [0.4, 0.5) is 0 Å². The number of hydrogen-bond acceptors (Lipinski definition) is 5. The molecule has 0 spiro atoms. The van der Waals surface area contributed by atoms with E-state index in [4.69, 9.17) is 14.9 Å². The summed E-state index contributed by atoms with van der Waals surface area (Å²) in [5.74, 6) is -0.323. The van der Waals surface area contributed by atoms with Gasteiger partial charge in [-0.3, -0.25) is 4.79 Å². The van der Waals surface area contributed by atoms with Gasteiger partial charge in [0.1, 0.15) is 6.61 Å². The van der Waals surface area contributed by atoms with E-state index in [0.29, 0.717) is 0 Å². The number of amides is 1. The molecule has 1 aliphatic heterocycles. The highest BCUT2D eigenvalue weighted by molar-refractivity contribution is 5.77. The third kappa shape index (κ3) is 3.75. The Balaban J connectivity index is 2.18. The van der Waals surface area contributed by atoms with E-state index < -0.39 is 6.04 Å². The zero-order valence-corrected chi connectivity index (χ0v) is 8.82. The molecule has 1 heterocycles. The summed E-state index contributed by atoms with van der Waals surface area (Å²) < 4.78 is 5.38. The molecule has 6 heteroatoms. The fraction of sp³-hybridized carbons (Fsp3) is 0.889. The molecule has 0 aromatic rings. The van der Waals surface area contributed by atoms with Gasteiger partial charge < -0.3 is 25.6 Å². The molecule has 15 heavy (non-hydrogen) atoms. The maximum absolute atomic E-state index is 11.3. The number of aliphatic hydroxyl groups excluding tert-OH is 2. The topological polar surface area (TPSA) is 90.8 Å². The van der Waals surface area contributed by atoms with Gasteiger partial charge in [0, 0.05) is 13.1 Å². The van der Waals surface area contributed by atoms with Gasteiger partial charge in [0.05, 0.1) is 24.9 Å². The van der Waals surface area contributed by atoms with Gasteiger partial charge in [0.2, 0.25) is 5.91 Å². The maximum Gasteiger partial charge on any atom is 0.246 e. The highest BCUT2D eigenvalue weighted by atomic mass is 16.5. The first-order valence-corrected chi connectivity index (χ1v) is 4.95. The zero-order chi connectivity index (χ0) is 11.3. The summed E-state index contributed by atoms with van der Waals surface area (Å²) in [5.41, 5.74) is -0.259. The Kier molecular flexibility index (Phi) is 4.46. The lowest BCUT2D eigenvalue weighted by Crippen LogP contribution is -2.60. The second-order valence-corrected chi connectivity index (χ2v) is 3.97. The molecule has 0 atom stereocenters. The van der Waals surface area contributed by atoms with Crippen LogP contribution in [0.3, 0.4) is 0 Å². The van der Waals surface area contributed by atoms with Gasteiger partial charge in [-0.2, -0.15) is 0 Å². The Morgan fingerprint density at radius 2 is 2.13 bits per heavy atom. The van der Waals surface area contributed by atoms with Crippen molar-refractivity contribution in [3.05, 3.63) is 0 Å². The maximum atomic E-state index is 11.3. The minimum absolute atomic E-state index is 0.0469. The fourth-order valence-electron chi connectivity index (χ4n) is 1.24. The molecule has 1 fully saturated rings. The molecule has 88 valence electrons. The molecule has 0 unspecified atom stereocenters. The Bertz CT molecular complexity index is 214. The summed E-state index contributed by atoms with van der Waals surface area (Å²) >= 11 is 0. The van der Waals surface area contributed by atoms with Gasteiger partial charge in [-0.1, -0.05) is 0 Å². The van der Waals surface area contributed by atoms with Crippen molar-refractivity contribution in [1.29, 1.82) is 0 Å². The van der Waals surface area contributed by atoms with Crippen molar-refractivity contribution in [3.8, 4) is 0 Å². The summed E-state index contributed by atoms with van der Waals surface area (Å²) in [7, 11) is 0. The van der Waals surface area contributed by atoms with E-state index in [1.807, 2.05) is 6.92 Å². The average molecular weight is 218 g/mol. The molecule has 1 rings (SSSR count). The standard InChI is InChI=1S/C9H18N2O4/c1-9(5-10-6-9)15-4-8(14)11-7(2-12)3-13/h7,10,12-13H,2-6H2,1H3,(H,11,14). The van der Waals surface area contributed by atoms with Crippen LogP contribution >= 0.6 is 0 Å². The van der Waals surface area contributed by atoms with Crippen molar-refractivity contribution in [2.75, 3.05) is 32.9 Å². The van der Waals surface area contributed by atoms with E-state index in [1.54, 1.807) is 0 Å². The number of aliphatic hydroxyl groups is 2. The zero-order valence-electron chi connectivity index (χ0n) is 8.82. The second-order valence-electron chi connectivity index (χ2n) is 3.97. The predicted molar refractivity (Wildman–Crippen MR) is 53.3 cm³/mol. The predicted octanol–water partition coefficient (Wildman–Crippen LogP) is -2.17. The van der Waals surface area contributed by atoms with Crippen molar-refractivity contribution in [2.45, 2.75) is 18.6 Å². The van der Waals surface area contributed by atoms with Gasteiger partial charge in [0.15, 0.2) is 0 Å². The molecule has 1 amide bonds. The molecule has 1 aliphatic rings. The SMILES string of the molecule is CC1(OCC(=O)NC(CO)CO)CNC1. The van der Waals surface area contributed by atoms with Crippen molar-refractivity contribution >= 4 is 5.91 Å². The van der Waals surface area contributed by atoms with Crippen LogP contribution in [-0.4, -0.2) is 60.7 Å². The molecule has 0 radical (unpaired) electrons. The number of ether oxygens (including phenoxy) is 1. The van der Waals surface area contributed by atoms with Crippen LogP contribution in [0, 0.1) is 0 Å². The molecule has 0 bridgehead atoms. The van der Waals surface area contributed by atoms with Gasteiger partial charge >= 0.3 is 0 Å². The molecule has 6 nitrogen and oxygen atoms in total. The molecule has 0 aromatic carbocycles. The molecule has 0 saturated carbocycles. The van der Waals surface area contributed by atoms with Crippen LogP contribution in [-0.2, 0) is 9.53 Å². The van der Waals surface area contributed by atoms with Crippen LogP contribution in [0.1, 0.15) is 6.92 Å². The van der Waals surface area contributed by atoms with Crippen LogP contribution in [0.2, 0.25) is 0 Å². The van der Waals surface area contributed by atoms with E-state index in [0.717, 1.165) is 13.1 Å². The van der Waals surface area contributed by atoms with Crippen LogP contribution in [0.25, 0.3) is 0 Å². The van der Waals surface area contributed by atoms with Gasteiger partial charge in [-0.05, 0) is 6.92 Å². The lowest BCUT2D eigenvalue weighted by Gasteiger charge is -2.38. The Morgan fingerprint density at radius 1 is 1.53 bits per heavy atom. The number of carbonyl (C=O) groups is 1. The highest BCUT2D eigenvalue weighted by Crippen LogP contribution is 2.14. The normalized spacial score (nSPS) is 18.7. The van der Waals surface area contributed by atoms with Gasteiger partial charge in [0.25, 0.3) is 0 Å². The lowest BCUT2D eigenvalue weighted by molar-refractivity contribution is -0.137. The van der Waals surface area contributed by atoms with Crippen molar-refractivity contribution < 1.29 is 19.7 Å². The summed E-state index contributed by atoms with van der Waals surface area (Å²) in [6, 6.07) is -0.603. The smallest absolute Gasteiger partial charge is 0.246 e. The Labute approximate surface area is 88.6 Å². The molecule has 0 aromatic heterocycles. The van der Waals surface area contributed by atoms with E-state index in [-0.39, 0.29) is 31.3 Å². The minimum Gasteiger partial charge on any atom is -0.394 e. The third-order valence-corrected chi connectivity index (χ3v) is 2.36. The molecule has 4 N–H and O–H groups in total. The largest absolute Gasteiger partial charge is 0.394 e. The van der Waals surface area contributed by atoms with Crippen molar-refractivity contribution in [2.24, 2.45) is 0 Å². The molecular weight excluding hydrogens is 200 g/mol. The van der Waals surface area contributed by atoms with Crippen molar-refractivity contribution in [1.82, 2.24) is 10.6 Å². The van der Waals surface area contributed by atoms with E-state index in [1.165, 1.54) is 0 Å². The third-order valence-electron chi connectivity index (χ3n) is 2.36. The van der Waals surface area contributed by atoms with Gasteiger partial charge in [-0.25, -0.2) is 0 Å². The summed E-state index contributed by atoms with van der Waals surface area (Å²) in [6.07, 6.45) is 0. The monoisotopic (exact) mass is 218 g/mol. The summed E-state index contributed by atoms with van der Waals surface area (Å²) in [5, 5.41) is 23.0. The van der Waals surface area contributed by atoms with Crippen molar-refractivity contribution in [3.63, 3.8) is 0 Å². The van der Waals surface area contributed by atoms with Gasteiger partial charge in [-0.15, -0.1) is 0 Å². The van der Waals surface area contributed by atoms with E-state index >= 15 is 0 Å². The molecular formula is C9H18N2O4. The molecule has 0 aliphatic carbocycles. The minimum atomic E-state index is -0.603. The van der Waals surface area contributed by atoms with E-state index in [2.05, 4.69) is 10.6 Å². The average Bonchev–Trinajstić information content (AvgIpc) is 2.20. The second kappa shape index (κ2) is 5.41. The number of carbonyl (C=O) groups excluding carboxylic acids is 1. The van der Waals surface area contributed by atoms with Crippen LogP contribution in [0.5, 0.6) is 0 Å². The highest BCUT2D eigenvalue weighted by Gasteiger charge is 2.33. The summed E-state index contributed by atoms with van der Waals surface area (Å²) in [4.78, 5) is 11.3. The quantitative estimate of drug-likeness (QED) is 0.407. The fourth-order valence-corrected chi connectivity index (χ4v) is 1.24. The van der Waals surface area contributed by atoms with E-state index in [9.17, 15) is 4.79 Å². The Hall–Kier alpha value is -0.690. The van der Waals surface area contributed by atoms with Crippen LogP contribution in [0.15, 0.2) is 0 Å². The first-order chi connectivity index (χ1) is 7.09. The Morgan fingerprint density at radius 3 is 2.53 bits per heavy atom. The number of rotatable bonds is 6.